The highest BCUT2D eigenvalue weighted by Crippen LogP contribution is 2.23. The van der Waals surface area contributed by atoms with Crippen LogP contribution in [0.3, 0.4) is 0 Å². The number of hydrogen-bond donors (Lipinski definition) is 7. The van der Waals surface area contributed by atoms with E-state index in [2.05, 4.69) is 67.8 Å². The molecule has 0 saturated carbocycles. The number of hydrogen-bond acceptors (Lipinski definition) is 9. The lowest BCUT2D eigenvalue weighted by Gasteiger charge is -2.40. The number of amides is 1. The van der Waals surface area contributed by atoms with Crippen LogP contribution in [0.5, 0.6) is 0 Å². The summed E-state index contributed by atoms with van der Waals surface area (Å²) in [5, 5.41) is 64.9. The first-order valence-corrected chi connectivity index (χ1v) is 29.1. The largest absolute Gasteiger partial charge is 0.394 e. The maximum absolute atomic E-state index is 13.1. The van der Waals surface area contributed by atoms with E-state index in [-0.39, 0.29) is 6.61 Å². The lowest BCUT2D eigenvalue weighted by Crippen LogP contribution is -2.60. The fourth-order valence-corrected chi connectivity index (χ4v) is 8.93. The molecule has 1 aliphatic heterocycles. The van der Waals surface area contributed by atoms with E-state index in [4.69, 9.17) is 9.47 Å². The molecule has 1 fully saturated rings. The van der Waals surface area contributed by atoms with Crippen molar-refractivity contribution < 1.29 is 44.9 Å². The molecule has 0 aromatic heterocycles. The summed E-state index contributed by atoms with van der Waals surface area (Å²) in [6, 6.07) is -1.01. The van der Waals surface area contributed by atoms with Gasteiger partial charge in [-0.3, -0.25) is 4.79 Å². The van der Waals surface area contributed by atoms with Gasteiger partial charge in [0.15, 0.2) is 6.29 Å². The molecule has 0 radical (unpaired) electrons. The first-order chi connectivity index (χ1) is 34.3. The molecule has 1 aliphatic rings. The molecule has 0 spiro atoms. The summed E-state index contributed by atoms with van der Waals surface area (Å²) in [6.45, 7) is 3.58. The Hall–Kier alpha value is -2.15. The Kier molecular flexibility index (Phi) is 46.2. The van der Waals surface area contributed by atoms with Gasteiger partial charge in [0.1, 0.15) is 30.5 Å². The van der Waals surface area contributed by atoms with E-state index in [0.717, 1.165) is 51.4 Å². The first-order valence-electron chi connectivity index (χ1n) is 29.1. The minimum Gasteiger partial charge on any atom is -0.394 e. The zero-order valence-electron chi connectivity index (χ0n) is 44.9. The van der Waals surface area contributed by atoms with Gasteiger partial charge in [0.2, 0.25) is 5.91 Å². The fraction of sp³-hybridized carbons (Fsp3) is 0.817. The standard InChI is InChI=1S/C60H109NO9/c1-3-5-7-9-11-13-15-17-19-20-21-22-23-24-25-26-27-28-29-30-31-32-33-35-37-39-41-43-45-47-49-54(64)59(68)61-52(51-69-60-58(67)57(66)56(65)55(50-62)70-60)53(63)48-46-44-42-40-38-36-34-18-16-14-12-10-8-6-4-2/h16,18,21-22,24-25,38,40,46,48,52-58,60,62-67H,3-15,17,19-20,23,26-37,39,41-45,47,49-51H2,1-2H3,(H,61,68)/b18-16+,22-21-,25-24-,40-38+,48-46+. The molecule has 7 N–H and O–H groups in total. The van der Waals surface area contributed by atoms with Gasteiger partial charge in [-0.25, -0.2) is 0 Å². The number of ether oxygens (including phenoxy) is 2. The number of aliphatic hydroxyl groups is 6. The molecule has 1 rings (SSSR count). The van der Waals surface area contributed by atoms with Crippen LogP contribution < -0.4 is 5.32 Å². The van der Waals surface area contributed by atoms with Gasteiger partial charge in [-0.05, 0) is 77.0 Å². The first kappa shape index (κ1) is 65.9. The lowest BCUT2D eigenvalue weighted by molar-refractivity contribution is -0.302. The van der Waals surface area contributed by atoms with Gasteiger partial charge in [-0.2, -0.15) is 0 Å². The van der Waals surface area contributed by atoms with E-state index in [1.807, 2.05) is 6.08 Å². The van der Waals surface area contributed by atoms with Crippen molar-refractivity contribution in [2.24, 2.45) is 0 Å². The smallest absolute Gasteiger partial charge is 0.249 e. The van der Waals surface area contributed by atoms with Gasteiger partial charge >= 0.3 is 0 Å². The van der Waals surface area contributed by atoms with Crippen LogP contribution in [0.1, 0.15) is 251 Å². The second kappa shape index (κ2) is 49.1. The average molecular weight is 989 g/mol. The summed E-state index contributed by atoms with van der Waals surface area (Å²) in [4.78, 5) is 13.1. The molecule has 408 valence electrons. The molecule has 1 saturated heterocycles. The number of carbonyl (C=O) groups is 1. The van der Waals surface area contributed by atoms with E-state index in [9.17, 15) is 35.4 Å². The number of carbonyl (C=O) groups excluding carboxylic acids is 1. The third kappa shape index (κ3) is 37.6. The fourth-order valence-electron chi connectivity index (χ4n) is 8.93. The molecule has 10 nitrogen and oxygen atoms in total. The summed E-state index contributed by atoms with van der Waals surface area (Å²) < 4.78 is 11.2. The van der Waals surface area contributed by atoms with Gasteiger partial charge in [0.05, 0.1) is 25.4 Å². The van der Waals surface area contributed by atoms with E-state index >= 15 is 0 Å². The van der Waals surface area contributed by atoms with Gasteiger partial charge in [0.25, 0.3) is 0 Å². The lowest BCUT2D eigenvalue weighted by atomic mass is 9.99. The summed E-state index contributed by atoms with van der Waals surface area (Å²) in [5.41, 5.74) is 0. The van der Waals surface area contributed by atoms with Crippen molar-refractivity contribution in [3.05, 3.63) is 60.8 Å². The number of aliphatic hydroxyl groups excluding tert-OH is 6. The van der Waals surface area contributed by atoms with Gasteiger partial charge < -0.3 is 45.4 Å². The van der Waals surface area contributed by atoms with Crippen LogP contribution >= 0.6 is 0 Å². The van der Waals surface area contributed by atoms with Crippen molar-refractivity contribution in [2.45, 2.75) is 300 Å². The normalized spacial score (nSPS) is 20.3. The average Bonchev–Trinajstić information content (AvgIpc) is 3.36. The van der Waals surface area contributed by atoms with Crippen LogP contribution in [-0.4, -0.2) is 98.7 Å². The SMILES string of the molecule is CCCCCCC/C=C/CC/C=C/CC/C=C/C(O)C(COC1OC(CO)C(O)C(O)C1O)NC(=O)C(O)CCCCCCCCCCCCCCCC/C=C\C/C=C\CCCCCCCCCCC. The monoisotopic (exact) mass is 988 g/mol. The van der Waals surface area contributed by atoms with Crippen molar-refractivity contribution >= 4 is 5.91 Å². The Bertz CT molecular complexity index is 1300. The topological polar surface area (TPSA) is 169 Å². The quantitative estimate of drug-likeness (QED) is 0.0232. The molecule has 0 aromatic carbocycles. The highest BCUT2D eigenvalue weighted by atomic mass is 16.7. The minimum atomic E-state index is -1.62. The summed E-state index contributed by atoms with van der Waals surface area (Å²) in [7, 11) is 0. The zero-order chi connectivity index (χ0) is 51.0. The summed E-state index contributed by atoms with van der Waals surface area (Å²) in [6.07, 6.45) is 56.2. The molecule has 8 unspecified atom stereocenters. The van der Waals surface area contributed by atoms with Crippen LogP contribution in [0.15, 0.2) is 60.8 Å². The van der Waals surface area contributed by atoms with E-state index in [0.29, 0.717) is 19.3 Å². The molecule has 10 heteroatoms. The molecule has 0 aliphatic carbocycles. The number of unbranched alkanes of at least 4 members (excludes halogenated alkanes) is 30. The van der Waals surface area contributed by atoms with E-state index in [1.54, 1.807) is 6.08 Å². The van der Waals surface area contributed by atoms with Gasteiger partial charge in [-0.1, -0.05) is 235 Å². The van der Waals surface area contributed by atoms with Crippen LogP contribution in [-0.2, 0) is 14.3 Å². The Labute approximate surface area is 429 Å². The number of nitrogens with one attached hydrogen (secondary N) is 1. The van der Waals surface area contributed by atoms with E-state index in [1.165, 1.54) is 167 Å². The third-order valence-corrected chi connectivity index (χ3v) is 13.7. The zero-order valence-corrected chi connectivity index (χ0v) is 44.9. The van der Waals surface area contributed by atoms with Crippen LogP contribution in [0.2, 0.25) is 0 Å². The summed E-state index contributed by atoms with van der Waals surface area (Å²) in [5.74, 6) is -0.631. The highest BCUT2D eigenvalue weighted by molar-refractivity contribution is 5.80. The Morgan fingerprint density at radius 2 is 0.886 bits per heavy atom. The Morgan fingerprint density at radius 1 is 0.500 bits per heavy atom. The van der Waals surface area contributed by atoms with Crippen molar-refractivity contribution in [1.82, 2.24) is 5.32 Å². The third-order valence-electron chi connectivity index (χ3n) is 13.7. The summed E-state index contributed by atoms with van der Waals surface area (Å²) >= 11 is 0. The molecule has 0 bridgehead atoms. The Balaban J connectivity index is 2.23. The molecule has 1 amide bonds. The van der Waals surface area contributed by atoms with Crippen molar-refractivity contribution in [2.75, 3.05) is 13.2 Å². The highest BCUT2D eigenvalue weighted by Gasteiger charge is 2.44. The van der Waals surface area contributed by atoms with Gasteiger partial charge in [-0.15, -0.1) is 0 Å². The number of rotatable bonds is 49. The Morgan fingerprint density at radius 3 is 1.33 bits per heavy atom. The van der Waals surface area contributed by atoms with E-state index < -0.39 is 61.5 Å². The van der Waals surface area contributed by atoms with Crippen molar-refractivity contribution in [3.8, 4) is 0 Å². The maximum Gasteiger partial charge on any atom is 0.249 e. The van der Waals surface area contributed by atoms with Crippen LogP contribution in [0.4, 0.5) is 0 Å². The van der Waals surface area contributed by atoms with Crippen LogP contribution in [0.25, 0.3) is 0 Å². The second-order valence-electron chi connectivity index (χ2n) is 20.2. The molecule has 1 heterocycles. The minimum absolute atomic E-state index is 0.299. The molecule has 8 atom stereocenters. The van der Waals surface area contributed by atoms with Crippen molar-refractivity contribution in [3.63, 3.8) is 0 Å². The van der Waals surface area contributed by atoms with Crippen molar-refractivity contribution in [1.29, 1.82) is 0 Å². The predicted molar refractivity (Wildman–Crippen MR) is 292 cm³/mol. The van der Waals surface area contributed by atoms with Gasteiger partial charge in [0, 0.05) is 0 Å². The molecular weight excluding hydrogens is 879 g/mol. The number of allylic oxidation sites excluding steroid dienone is 9. The molecular formula is C60H109NO9. The molecule has 70 heavy (non-hydrogen) atoms. The maximum atomic E-state index is 13.1. The van der Waals surface area contributed by atoms with Crippen LogP contribution in [0, 0.1) is 0 Å². The molecule has 0 aromatic rings. The predicted octanol–water partition coefficient (Wildman–Crippen LogP) is 13.3. The second-order valence-corrected chi connectivity index (χ2v) is 20.2.